The molecular formula is C19H16BrFN4. The van der Waals surface area contributed by atoms with Gasteiger partial charge in [0.25, 0.3) is 0 Å². The van der Waals surface area contributed by atoms with Gasteiger partial charge >= 0.3 is 0 Å². The number of rotatable bonds is 3. The minimum Gasteiger partial charge on any atom is -0.324 e. The summed E-state index contributed by atoms with van der Waals surface area (Å²) in [5, 5.41) is 7.54. The third kappa shape index (κ3) is 2.98. The van der Waals surface area contributed by atoms with Crippen molar-refractivity contribution in [2.45, 2.75) is 19.4 Å². The first-order valence-corrected chi connectivity index (χ1v) is 8.87. The second-order valence-corrected chi connectivity index (χ2v) is 6.81. The summed E-state index contributed by atoms with van der Waals surface area (Å²) >= 11 is 3.42. The van der Waals surface area contributed by atoms with E-state index < -0.39 is 0 Å². The topological polar surface area (TPSA) is 42.7 Å². The summed E-state index contributed by atoms with van der Waals surface area (Å²) in [6.45, 7) is 2.13. The maximum absolute atomic E-state index is 14.5. The lowest BCUT2D eigenvalue weighted by atomic mass is 10.0. The summed E-state index contributed by atoms with van der Waals surface area (Å²) in [6, 6.07) is 12.9. The van der Waals surface area contributed by atoms with E-state index in [-0.39, 0.29) is 11.9 Å². The maximum Gasteiger partial charge on any atom is 0.226 e. The Morgan fingerprint density at radius 2 is 2.00 bits per heavy atom. The van der Waals surface area contributed by atoms with Crippen molar-refractivity contribution in [1.82, 2.24) is 14.8 Å². The maximum atomic E-state index is 14.5. The van der Waals surface area contributed by atoms with E-state index in [2.05, 4.69) is 62.5 Å². The SMILES string of the molecule is CCc1ccc(C2=C[C@@H](c3cc(Br)ccc3F)n3ncnc3N2)cc1. The van der Waals surface area contributed by atoms with Gasteiger partial charge in [-0.05, 0) is 41.8 Å². The highest BCUT2D eigenvalue weighted by Gasteiger charge is 2.25. The minimum absolute atomic E-state index is 0.270. The summed E-state index contributed by atoms with van der Waals surface area (Å²) in [4.78, 5) is 4.26. The third-order valence-corrected chi connectivity index (χ3v) is 4.85. The molecule has 1 aliphatic rings. The molecule has 6 heteroatoms. The van der Waals surface area contributed by atoms with Crippen LogP contribution in [0.25, 0.3) is 5.70 Å². The summed E-state index contributed by atoms with van der Waals surface area (Å²) in [5.41, 5.74) is 3.75. The zero-order chi connectivity index (χ0) is 17.4. The molecule has 25 heavy (non-hydrogen) atoms. The number of aromatic nitrogens is 3. The van der Waals surface area contributed by atoms with E-state index in [1.54, 1.807) is 16.8 Å². The molecule has 4 nitrogen and oxygen atoms in total. The van der Waals surface area contributed by atoms with Crippen LogP contribution in [-0.2, 0) is 6.42 Å². The molecule has 3 aromatic rings. The summed E-state index contributed by atoms with van der Waals surface area (Å²) < 4.78 is 17.0. The number of fused-ring (bicyclic) bond motifs is 1. The molecule has 0 aliphatic carbocycles. The fourth-order valence-corrected chi connectivity index (χ4v) is 3.36. The Morgan fingerprint density at radius 3 is 2.76 bits per heavy atom. The number of allylic oxidation sites excluding steroid dienone is 1. The first-order valence-electron chi connectivity index (χ1n) is 8.08. The number of hydrogen-bond acceptors (Lipinski definition) is 3. The number of aryl methyl sites for hydroxylation is 1. The molecular weight excluding hydrogens is 383 g/mol. The Balaban J connectivity index is 1.81. The lowest BCUT2D eigenvalue weighted by Gasteiger charge is -2.25. The normalized spacial score (nSPS) is 16.1. The fourth-order valence-electron chi connectivity index (χ4n) is 2.98. The summed E-state index contributed by atoms with van der Waals surface area (Å²) in [5.74, 6) is 0.329. The second-order valence-electron chi connectivity index (χ2n) is 5.89. The molecule has 0 saturated carbocycles. The molecule has 126 valence electrons. The molecule has 1 aromatic heterocycles. The zero-order valence-corrected chi connectivity index (χ0v) is 15.2. The van der Waals surface area contributed by atoms with Crippen molar-refractivity contribution in [3.63, 3.8) is 0 Å². The van der Waals surface area contributed by atoms with E-state index in [0.29, 0.717) is 11.5 Å². The van der Waals surface area contributed by atoms with Crippen LogP contribution in [-0.4, -0.2) is 14.8 Å². The number of anilines is 1. The molecule has 0 radical (unpaired) electrons. The number of nitrogens with one attached hydrogen (secondary N) is 1. The highest BCUT2D eigenvalue weighted by atomic mass is 79.9. The average Bonchev–Trinajstić information content (AvgIpc) is 3.12. The van der Waals surface area contributed by atoms with E-state index in [9.17, 15) is 4.39 Å². The van der Waals surface area contributed by atoms with Crippen molar-refractivity contribution in [2.24, 2.45) is 0 Å². The van der Waals surface area contributed by atoms with Gasteiger partial charge in [-0.1, -0.05) is 47.1 Å². The number of nitrogens with zero attached hydrogens (tertiary/aromatic N) is 3. The van der Waals surface area contributed by atoms with Crippen molar-refractivity contribution in [3.8, 4) is 0 Å². The van der Waals surface area contributed by atoms with Crippen molar-refractivity contribution in [3.05, 3.63) is 81.8 Å². The molecule has 1 aliphatic heterocycles. The largest absolute Gasteiger partial charge is 0.324 e. The quantitative estimate of drug-likeness (QED) is 0.688. The van der Waals surface area contributed by atoms with Gasteiger partial charge in [-0.2, -0.15) is 10.1 Å². The van der Waals surface area contributed by atoms with Crippen LogP contribution in [0.2, 0.25) is 0 Å². The van der Waals surface area contributed by atoms with Gasteiger partial charge in [0.05, 0.1) is 0 Å². The molecule has 0 amide bonds. The van der Waals surface area contributed by atoms with Crippen LogP contribution in [0.5, 0.6) is 0 Å². The van der Waals surface area contributed by atoms with Crippen molar-refractivity contribution in [2.75, 3.05) is 5.32 Å². The Kier molecular flexibility index (Phi) is 4.13. The van der Waals surface area contributed by atoms with Crippen molar-refractivity contribution >= 4 is 27.6 Å². The predicted octanol–water partition coefficient (Wildman–Crippen LogP) is 4.80. The van der Waals surface area contributed by atoms with Crippen LogP contribution in [0.4, 0.5) is 10.3 Å². The highest BCUT2D eigenvalue weighted by Crippen LogP contribution is 2.34. The molecule has 1 atom stereocenters. The van der Waals surface area contributed by atoms with Gasteiger partial charge in [-0.3, -0.25) is 0 Å². The Bertz CT molecular complexity index is 946. The second kappa shape index (κ2) is 6.44. The zero-order valence-electron chi connectivity index (χ0n) is 13.6. The molecule has 0 spiro atoms. The number of halogens is 2. The summed E-state index contributed by atoms with van der Waals surface area (Å²) in [7, 11) is 0. The van der Waals surface area contributed by atoms with Crippen LogP contribution >= 0.6 is 15.9 Å². The third-order valence-electron chi connectivity index (χ3n) is 4.36. The molecule has 0 fully saturated rings. The first-order chi connectivity index (χ1) is 12.2. The average molecular weight is 399 g/mol. The van der Waals surface area contributed by atoms with Crippen LogP contribution < -0.4 is 5.32 Å². The predicted molar refractivity (Wildman–Crippen MR) is 99.7 cm³/mol. The van der Waals surface area contributed by atoms with Crippen LogP contribution in [0, 0.1) is 5.82 Å². The van der Waals surface area contributed by atoms with E-state index >= 15 is 0 Å². The highest BCUT2D eigenvalue weighted by molar-refractivity contribution is 9.10. The van der Waals surface area contributed by atoms with Crippen molar-refractivity contribution < 1.29 is 4.39 Å². The minimum atomic E-state index is -0.364. The molecule has 2 heterocycles. The Morgan fingerprint density at radius 1 is 1.20 bits per heavy atom. The lowest BCUT2D eigenvalue weighted by Crippen LogP contribution is -2.21. The van der Waals surface area contributed by atoms with Gasteiger partial charge in [-0.25, -0.2) is 9.07 Å². The number of hydrogen-bond donors (Lipinski definition) is 1. The fraction of sp³-hybridized carbons (Fsp3) is 0.158. The molecule has 0 bridgehead atoms. The van der Waals surface area contributed by atoms with Gasteiger partial charge in [0.2, 0.25) is 5.95 Å². The smallest absolute Gasteiger partial charge is 0.226 e. The number of benzene rings is 2. The van der Waals surface area contributed by atoms with E-state index in [4.69, 9.17) is 0 Å². The first kappa shape index (κ1) is 16.0. The monoisotopic (exact) mass is 398 g/mol. The lowest BCUT2D eigenvalue weighted by molar-refractivity contribution is 0.551. The van der Waals surface area contributed by atoms with E-state index in [1.165, 1.54) is 18.0 Å². The van der Waals surface area contributed by atoms with Gasteiger partial charge in [0.1, 0.15) is 18.2 Å². The summed E-state index contributed by atoms with van der Waals surface area (Å²) in [6.07, 6.45) is 4.45. The van der Waals surface area contributed by atoms with E-state index in [1.807, 2.05) is 6.08 Å². The Hall–Kier alpha value is -2.47. The van der Waals surface area contributed by atoms with Crippen LogP contribution in [0.1, 0.15) is 29.7 Å². The molecule has 4 rings (SSSR count). The van der Waals surface area contributed by atoms with Gasteiger partial charge in [0.15, 0.2) is 0 Å². The molecule has 2 aromatic carbocycles. The van der Waals surface area contributed by atoms with Gasteiger partial charge in [0, 0.05) is 15.7 Å². The standard InChI is InChI=1S/C19H16BrFN4/c1-2-12-3-5-13(6-4-12)17-10-18(25-19(24-17)22-11-23-25)15-9-14(20)7-8-16(15)21/h3-11,18H,2H2,1H3,(H,22,23,24)/t18-/m0/s1. The van der Waals surface area contributed by atoms with E-state index in [0.717, 1.165) is 22.2 Å². The van der Waals surface area contributed by atoms with Crippen LogP contribution in [0.3, 0.4) is 0 Å². The van der Waals surface area contributed by atoms with Gasteiger partial charge in [-0.15, -0.1) is 0 Å². The molecule has 0 unspecified atom stereocenters. The van der Waals surface area contributed by atoms with Crippen LogP contribution in [0.15, 0.2) is 59.3 Å². The molecule has 1 N–H and O–H groups in total. The Labute approximate surface area is 153 Å². The molecule has 0 saturated heterocycles. The van der Waals surface area contributed by atoms with Crippen molar-refractivity contribution in [1.29, 1.82) is 0 Å². The van der Waals surface area contributed by atoms with Gasteiger partial charge < -0.3 is 5.32 Å².